The Morgan fingerprint density at radius 2 is 2.00 bits per heavy atom. The predicted molar refractivity (Wildman–Crippen MR) is 53.8 cm³/mol. The van der Waals surface area contributed by atoms with Crippen molar-refractivity contribution in [2.45, 2.75) is 26.2 Å². The largest absolute Gasteiger partial charge is 0.466 e. The van der Waals surface area contributed by atoms with Crippen molar-refractivity contribution in [2.75, 3.05) is 19.7 Å². The number of rotatable bonds is 3. The molecule has 2 aliphatic rings. The maximum Gasteiger partial charge on any atom is 0.306 e. The highest BCUT2D eigenvalue weighted by Crippen LogP contribution is 2.41. The third-order valence-corrected chi connectivity index (χ3v) is 3.64. The standard InChI is InChI=1S/C11H19NO2/c1-2-14-11(13)5-10-8-3-4-9(10)7-12-6-8/h8-10,12H,2-7H2,1H3/t8-,9+,10?. The topological polar surface area (TPSA) is 38.3 Å². The SMILES string of the molecule is CCOC(=O)CC1[C@@H]2CC[C@H]1CNC2. The molecule has 1 aliphatic heterocycles. The molecular weight excluding hydrogens is 178 g/mol. The van der Waals surface area contributed by atoms with Crippen molar-refractivity contribution in [1.82, 2.24) is 5.32 Å². The summed E-state index contributed by atoms with van der Waals surface area (Å²) in [6, 6.07) is 0. The molecule has 1 saturated heterocycles. The number of carbonyl (C=O) groups excluding carboxylic acids is 1. The van der Waals surface area contributed by atoms with E-state index in [1.54, 1.807) is 0 Å². The lowest BCUT2D eigenvalue weighted by atomic mass is 9.84. The number of piperidine rings is 1. The van der Waals surface area contributed by atoms with E-state index in [2.05, 4.69) is 5.32 Å². The molecule has 3 atom stereocenters. The number of hydrogen-bond donors (Lipinski definition) is 1. The third-order valence-electron chi connectivity index (χ3n) is 3.64. The Kier molecular flexibility index (Phi) is 3.06. The van der Waals surface area contributed by atoms with Gasteiger partial charge in [0, 0.05) is 6.42 Å². The van der Waals surface area contributed by atoms with Gasteiger partial charge < -0.3 is 10.1 Å². The molecule has 1 heterocycles. The Bertz CT molecular complexity index is 201. The van der Waals surface area contributed by atoms with Crippen molar-refractivity contribution in [1.29, 1.82) is 0 Å². The quantitative estimate of drug-likeness (QED) is 0.691. The zero-order valence-corrected chi connectivity index (χ0v) is 8.79. The van der Waals surface area contributed by atoms with Crippen LogP contribution in [0.25, 0.3) is 0 Å². The van der Waals surface area contributed by atoms with Crippen molar-refractivity contribution < 1.29 is 9.53 Å². The van der Waals surface area contributed by atoms with Gasteiger partial charge >= 0.3 is 5.97 Å². The fraction of sp³-hybridized carbons (Fsp3) is 0.909. The first-order valence-electron chi connectivity index (χ1n) is 5.67. The van der Waals surface area contributed by atoms with Crippen LogP contribution in [-0.4, -0.2) is 25.7 Å². The van der Waals surface area contributed by atoms with Gasteiger partial charge in [0.05, 0.1) is 6.61 Å². The molecule has 0 amide bonds. The summed E-state index contributed by atoms with van der Waals surface area (Å²) in [6.07, 6.45) is 3.23. The van der Waals surface area contributed by atoms with Gasteiger partial charge in [0.25, 0.3) is 0 Å². The van der Waals surface area contributed by atoms with Crippen molar-refractivity contribution in [3.8, 4) is 0 Å². The maximum atomic E-state index is 11.4. The van der Waals surface area contributed by atoms with E-state index in [1.807, 2.05) is 6.92 Å². The Hall–Kier alpha value is -0.570. The summed E-state index contributed by atoms with van der Waals surface area (Å²) in [5, 5.41) is 3.43. The van der Waals surface area contributed by atoms with Crippen molar-refractivity contribution in [3.63, 3.8) is 0 Å². The van der Waals surface area contributed by atoms with Crippen LogP contribution in [0, 0.1) is 17.8 Å². The first-order valence-corrected chi connectivity index (χ1v) is 5.67. The molecule has 2 fully saturated rings. The second kappa shape index (κ2) is 4.30. The minimum Gasteiger partial charge on any atom is -0.466 e. The summed E-state index contributed by atoms with van der Waals surface area (Å²) in [6.45, 7) is 4.58. The van der Waals surface area contributed by atoms with E-state index < -0.39 is 0 Å². The molecule has 0 aromatic carbocycles. The number of nitrogens with one attached hydrogen (secondary N) is 1. The van der Waals surface area contributed by atoms with Gasteiger partial charge in [-0.2, -0.15) is 0 Å². The van der Waals surface area contributed by atoms with E-state index in [-0.39, 0.29) is 5.97 Å². The minimum absolute atomic E-state index is 0.00343. The number of esters is 1. The monoisotopic (exact) mass is 197 g/mol. The van der Waals surface area contributed by atoms with E-state index in [0.717, 1.165) is 24.9 Å². The fourth-order valence-electron chi connectivity index (χ4n) is 2.95. The lowest BCUT2D eigenvalue weighted by Gasteiger charge is -2.29. The van der Waals surface area contributed by atoms with E-state index in [4.69, 9.17) is 4.74 Å². The predicted octanol–water partition coefficient (Wildman–Crippen LogP) is 1.19. The summed E-state index contributed by atoms with van der Waals surface area (Å²) in [5.74, 6) is 2.03. The van der Waals surface area contributed by atoms with Gasteiger partial charge in [-0.1, -0.05) is 0 Å². The fourth-order valence-corrected chi connectivity index (χ4v) is 2.95. The first-order chi connectivity index (χ1) is 6.81. The molecule has 80 valence electrons. The van der Waals surface area contributed by atoms with Gasteiger partial charge in [0.15, 0.2) is 0 Å². The molecule has 0 aromatic rings. The molecule has 1 N–H and O–H groups in total. The van der Waals surface area contributed by atoms with Crippen LogP contribution >= 0.6 is 0 Å². The van der Waals surface area contributed by atoms with Gasteiger partial charge in [0.1, 0.15) is 0 Å². The molecule has 3 heteroatoms. The molecule has 1 saturated carbocycles. The second-order valence-corrected chi connectivity index (χ2v) is 4.43. The van der Waals surface area contributed by atoms with Crippen LogP contribution in [0.1, 0.15) is 26.2 Å². The molecule has 1 unspecified atom stereocenters. The summed E-state index contributed by atoms with van der Waals surface area (Å²) in [7, 11) is 0. The lowest BCUT2D eigenvalue weighted by molar-refractivity contribution is -0.145. The van der Waals surface area contributed by atoms with E-state index in [9.17, 15) is 4.79 Å². The van der Waals surface area contributed by atoms with Crippen LogP contribution in [0.3, 0.4) is 0 Å². The van der Waals surface area contributed by atoms with Gasteiger partial charge in [0.2, 0.25) is 0 Å². The van der Waals surface area contributed by atoms with Gasteiger partial charge in [-0.15, -0.1) is 0 Å². The number of fused-ring (bicyclic) bond motifs is 2. The van der Waals surface area contributed by atoms with Crippen LogP contribution < -0.4 is 5.32 Å². The summed E-state index contributed by atoms with van der Waals surface area (Å²) < 4.78 is 5.01. The molecule has 0 radical (unpaired) electrons. The molecule has 0 aromatic heterocycles. The smallest absolute Gasteiger partial charge is 0.306 e. The third kappa shape index (κ3) is 1.92. The summed E-state index contributed by atoms with van der Waals surface area (Å²) in [5.41, 5.74) is 0. The normalized spacial score (nSPS) is 35.6. The Morgan fingerprint density at radius 3 is 2.57 bits per heavy atom. The van der Waals surface area contributed by atoms with Crippen LogP contribution in [0.5, 0.6) is 0 Å². The zero-order valence-electron chi connectivity index (χ0n) is 8.79. The molecule has 2 bridgehead atoms. The minimum atomic E-state index is -0.00343. The Morgan fingerprint density at radius 1 is 1.36 bits per heavy atom. The number of ether oxygens (including phenoxy) is 1. The average Bonchev–Trinajstić information content (AvgIpc) is 2.41. The molecule has 3 nitrogen and oxygen atoms in total. The Balaban J connectivity index is 1.88. The van der Waals surface area contributed by atoms with E-state index >= 15 is 0 Å². The van der Waals surface area contributed by atoms with Crippen molar-refractivity contribution in [3.05, 3.63) is 0 Å². The maximum absolute atomic E-state index is 11.4. The molecule has 0 spiro atoms. The second-order valence-electron chi connectivity index (χ2n) is 4.43. The van der Waals surface area contributed by atoms with E-state index in [0.29, 0.717) is 18.9 Å². The first kappa shape index (κ1) is 9.97. The molecule has 1 aliphatic carbocycles. The molecule has 14 heavy (non-hydrogen) atoms. The van der Waals surface area contributed by atoms with Gasteiger partial charge in [-0.05, 0) is 50.6 Å². The summed E-state index contributed by atoms with van der Waals surface area (Å²) in [4.78, 5) is 11.4. The van der Waals surface area contributed by atoms with Gasteiger partial charge in [-0.25, -0.2) is 0 Å². The molecular formula is C11H19NO2. The van der Waals surface area contributed by atoms with E-state index in [1.165, 1.54) is 12.8 Å². The molecule has 2 rings (SSSR count). The number of hydrogen-bond acceptors (Lipinski definition) is 3. The Labute approximate surface area is 85.2 Å². The highest BCUT2D eigenvalue weighted by molar-refractivity contribution is 5.69. The number of carbonyl (C=O) groups is 1. The van der Waals surface area contributed by atoms with Crippen LogP contribution in [0.15, 0.2) is 0 Å². The van der Waals surface area contributed by atoms with Crippen molar-refractivity contribution >= 4 is 5.97 Å². The highest BCUT2D eigenvalue weighted by Gasteiger charge is 2.39. The highest BCUT2D eigenvalue weighted by atomic mass is 16.5. The zero-order chi connectivity index (χ0) is 9.97. The lowest BCUT2D eigenvalue weighted by Crippen LogP contribution is -2.39. The van der Waals surface area contributed by atoms with Gasteiger partial charge in [-0.3, -0.25) is 4.79 Å². The summed E-state index contributed by atoms with van der Waals surface area (Å²) >= 11 is 0. The average molecular weight is 197 g/mol. The van der Waals surface area contributed by atoms with Crippen LogP contribution in [0.4, 0.5) is 0 Å². The van der Waals surface area contributed by atoms with Crippen LogP contribution in [0.2, 0.25) is 0 Å². The van der Waals surface area contributed by atoms with Crippen molar-refractivity contribution in [2.24, 2.45) is 17.8 Å². The van der Waals surface area contributed by atoms with Crippen LogP contribution in [-0.2, 0) is 9.53 Å².